The molecule has 23 heavy (non-hydrogen) atoms. The summed E-state index contributed by atoms with van der Waals surface area (Å²) in [5.41, 5.74) is 8.19. The number of nitrogens with two attached hydrogens (primary N) is 1. The number of aldehydes is 1. The molecule has 0 saturated carbocycles. The third-order valence-electron chi connectivity index (χ3n) is 3.39. The average Bonchev–Trinajstić information content (AvgIpc) is 3.18. The van der Waals surface area contributed by atoms with Gasteiger partial charge in [0.2, 0.25) is 5.91 Å². The number of hydrogen-bond acceptors (Lipinski definition) is 6. The standard InChI is InChI=1S/C15H15N5O2S/c16-11(4-2-6-21)14(22)20-15-19-12(8-23-15)10-7-18-13-9(10)3-1-5-17-13/h1,3,5-8,11H,2,4,16H2,(H,17,18)(H,19,20,22). The Morgan fingerprint density at radius 2 is 2.39 bits per heavy atom. The smallest absolute Gasteiger partial charge is 0.243 e. The molecule has 3 aromatic heterocycles. The van der Waals surface area contributed by atoms with E-state index < -0.39 is 6.04 Å². The highest BCUT2D eigenvalue weighted by Crippen LogP contribution is 2.30. The number of aromatic nitrogens is 3. The first-order valence-corrected chi connectivity index (χ1v) is 7.95. The molecule has 0 aliphatic heterocycles. The normalized spacial score (nSPS) is 12.2. The van der Waals surface area contributed by atoms with Crippen LogP contribution in [0.2, 0.25) is 0 Å². The Kier molecular flexibility index (Phi) is 4.45. The molecular weight excluding hydrogens is 314 g/mol. The quantitative estimate of drug-likeness (QED) is 0.598. The lowest BCUT2D eigenvalue weighted by Crippen LogP contribution is -2.35. The number of H-pyrrole nitrogens is 1. The lowest BCUT2D eigenvalue weighted by molar-refractivity contribution is -0.117. The first-order chi connectivity index (χ1) is 11.2. The van der Waals surface area contributed by atoms with E-state index in [9.17, 15) is 9.59 Å². The van der Waals surface area contributed by atoms with Crippen molar-refractivity contribution in [1.82, 2.24) is 15.0 Å². The number of amides is 1. The first-order valence-electron chi connectivity index (χ1n) is 7.07. The van der Waals surface area contributed by atoms with Crippen LogP contribution in [-0.2, 0) is 9.59 Å². The second-order valence-corrected chi connectivity index (χ2v) is 5.84. The number of fused-ring (bicyclic) bond motifs is 1. The number of aromatic amines is 1. The second-order valence-electron chi connectivity index (χ2n) is 4.98. The van der Waals surface area contributed by atoms with Crippen molar-refractivity contribution in [3.05, 3.63) is 29.9 Å². The minimum absolute atomic E-state index is 0.264. The van der Waals surface area contributed by atoms with Gasteiger partial charge in [0.1, 0.15) is 11.9 Å². The monoisotopic (exact) mass is 329 g/mol. The molecule has 0 saturated heterocycles. The van der Waals surface area contributed by atoms with Crippen molar-refractivity contribution >= 4 is 39.7 Å². The molecule has 3 heterocycles. The number of thiazole rings is 1. The van der Waals surface area contributed by atoms with Gasteiger partial charge in [-0.1, -0.05) is 0 Å². The third kappa shape index (κ3) is 3.27. The van der Waals surface area contributed by atoms with Crippen molar-refractivity contribution in [2.45, 2.75) is 18.9 Å². The molecule has 0 aliphatic carbocycles. The Morgan fingerprint density at radius 1 is 1.52 bits per heavy atom. The fourth-order valence-corrected chi connectivity index (χ4v) is 2.91. The summed E-state index contributed by atoms with van der Waals surface area (Å²) in [5, 5.41) is 5.99. The molecular formula is C15H15N5O2S. The lowest BCUT2D eigenvalue weighted by atomic mass is 10.2. The van der Waals surface area contributed by atoms with E-state index in [1.165, 1.54) is 11.3 Å². The minimum Gasteiger partial charge on any atom is -0.345 e. The molecule has 118 valence electrons. The number of nitrogens with zero attached hydrogens (tertiary/aromatic N) is 2. The van der Waals surface area contributed by atoms with Gasteiger partial charge in [-0.15, -0.1) is 11.3 Å². The van der Waals surface area contributed by atoms with Crippen LogP contribution in [0.4, 0.5) is 5.13 Å². The Hall–Kier alpha value is -2.58. The van der Waals surface area contributed by atoms with Gasteiger partial charge in [-0.25, -0.2) is 9.97 Å². The molecule has 0 spiro atoms. The predicted molar refractivity (Wildman–Crippen MR) is 89.1 cm³/mol. The number of anilines is 1. The van der Waals surface area contributed by atoms with Gasteiger partial charge in [0.25, 0.3) is 0 Å². The fourth-order valence-electron chi connectivity index (χ4n) is 2.20. The van der Waals surface area contributed by atoms with E-state index in [4.69, 9.17) is 5.73 Å². The molecule has 8 heteroatoms. The van der Waals surface area contributed by atoms with Gasteiger partial charge >= 0.3 is 0 Å². The van der Waals surface area contributed by atoms with E-state index in [0.717, 1.165) is 28.6 Å². The molecule has 1 unspecified atom stereocenters. The topological polar surface area (TPSA) is 114 Å². The summed E-state index contributed by atoms with van der Waals surface area (Å²) in [6.45, 7) is 0. The maximum absolute atomic E-state index is 11.9. The van der Waals surface area contributed by atoms with Crippen molar-refractivity contribution in [3.63, 3.8) is 0 Å². The van der Waals surface area contributed by atoms with Crippen LogP contribution in [0.15, 0.2) is 29.9 Å². The zero-order valence-corrected chi connectivity index (χ0v) is 13.0. The minimum atomic E-state index is -0.718. The number of rotatable bonds is 6. The molecule has 1 atom stereocenters. The van der Waals surface area contributed by atoms with E-state index in [0.29, 0.717) is 11.6 Å². The second kappa shape index (κ2) is 6.67. The summed E-state index contributed by atoms with van der Waals surface area (Å²) in [6.07, 6.45) is 4.89. The number of nitrogens with one attached hydrogen (secondary N) is 2. The Bertz CT molecular complexity index is 841. The SMILES string of the molecule is NC(CCC=O)C(=O)Nc1nc(-c2c[nH]c3ncccc23)cs1. The van der Waals surface area contributed by atoms with Crippen molar-refractivity contribution in [1.29, 1.82) is 0 Å². The van der Waals surface area contributed by atoms with Gasteiger partial charge in [0.15, 0.2) is 5.13 Å². The van der Waals surface area contributed by atoms with E-state index in [1.54, 1.807) is 6.20 Å². The van der Waals surface area contributed by atoms with Gasteiger partial charge in [-0.05, 0) is 18.6 Å². The van der Waals surface area contributed by atoms with Crippen molar-refractivity contribution in [2.75, 3.05) is 5.32 Å². The van der Waals surface area contributed by atoms with Crippen molar-refractivity contribution in [3.8, 4) is 11.3 Å². The number of pyridine rings is 1. The molecule has 3 rings (SSSR count). The molecule has 0 radical (unpaired) electrons. The van der Waals surface area contributed by atoms with Gasteiger partial charge in [0.05, 0.1) is 11.7 Å². The van der Waals surface area contributed by atoms with Crippen molar-refractivity contribution < 1.29 is 9.59 Å². The van der Waals surface area contributed by atoms with E-state index in [1.807, 2.05) is 23.7 Å². The third-order valence-corrected chi connectivity index (χ3v) is 4.15. The molecule has 7 nitrogen and oxygen atoms in total. The van der Waals surface area contributed by atoms with Crippen LogP contribution >= 0.6 is 11.3 Å². The summed E-state index contributed by atoms with van der Waals surface area (Å²) in [7, 11) is 0. The van der Waals surface area contributed by atoms with Crippen LogP contribution in [0, 0.1) is 0 Å². The number of carbonyl (C=O) groups excluding carboxylic acids is 2. The number of hydrogen-bond donors (Lipinski definition) is 3. The molecule has 0 aliphatic rings. The number of carbonyl (C=O) groups is 2. The highest BCUT2D eigenvalue weighted by atomic mass is 32.1. The highest BCUT2D eigenvalue weighted by Gasteiger charge is 2.16. The summed E-state index contributed by atoms with van der Waals surface area (Å²) >= 11 is 1.32. The maximum Gasteiger partial charge on any atom is 0.243 e. The van der Waals surface area contributed by atoms with Crippen LogP contribution in [0.3, 0.4) is 0 Å². The van der Waals surface area contributed by atoms with E-state index in [-0.39, 0.29) is 12.3 Å². The molecule has 0 fully saturated rings. The van der Waals surface area contributed by atoms with Gasteiger partial charge < -0.3 is 20.8 Å². The largest absolute Gasteiger partial charge is 0.345 e. The van der Waals surface area contributed by atoms with Crippen LogP contribution in [0.5, 0.6) is 0 Å². The van der Waals surface area contributed by atoms with Gasteiger partial charge in [0, 0.05) is 35.1 Å². The molecule has 0 bridgehead atoms. The zero-order chi connectivity index (χ0) is 16.2. The maximum atomic E-state index is 11.9. The summed E-state index contributed by atoms with van der Waals surface area (Å²) in [5.74, 6) is -0.339. The first kappa shape index (κ1) is 15.3. The Morgan fingerprint density at radius 3 is 3.22 bits per heavy atom. The highest BCUT2D eigenvalue weighted by molar-refractivity contribution is 7.14. The summed E-state index contributed by atoms with van der Waals surface area (Å²) in [4.78, 5) is 34.0. The lowest BCUT2D eigenvalue weighted by Gasteiger charge is -2.08. The Labute approximate surface area is 135 Å². The fraction of sp³-hybridized carbons (Fsp3) is 0.200. The van der Waals surface area contributed by atoms with Crippen LogP contribution in [-0.4, -0.2) is 33.2 Å². The van der Waals surface area contributed by atoms with E-state index in [2.05, 4.69) is 20.3 Å². The molecule has 3 aromatic rings. The van der Waals surface area contributed by atoms with Gasteiger partial charge in [-0.2, -0.15) is 0 Å². The van der Waals surface area contributed by atoms with Crippen LogP contribution in [0.25, 0.3) is 22.3 Å². The molecule has 0 aromatic carbocycles. The van der Waals surface area contributed by atoms with Crippen LogP contribution < -0.4 is 11.1 Å². The zero-order valence-electron chi connectivity index (χ0n) is 12.2. The molecule has 1 amide bonds. The van der Waals surface area contributed by atoms with Crippen molar-refractivity contribution in [2.24, 2.45) is 5.73 Å². The molecule has 4 N–H and O–H groups in total. The predicted octanol–water partition coefficient (Wildman–Crippen LogP) is 1.93. The van der Waals surface area contributed by atoms with Crippen LogP contribution in [0.1, 0.15) is 12.8 Å². The summed E-state index contributed by atoms with van der Waals surface area (Å²) < 4.78 is 0. The summed E-state index contributed by atoms with van der Waals surface area (Å²) in [6, 6.07) is 3.10. The Balaban J connectivity index is 1.76. The average molecular weight is 329 g/mol. The van der Waals surface area contributed by atoms with E-state index >= 15 is 0 Å². The van der Waals surface area contributed by atoms with Gasteiger partial charge in [-0.3, -0.25) is 4.79 Å².